The number of benzene rings is 1. The topological polar surface area (TPSA) is 97.1 Å². The number of aryl methyl sites for hydroxylation is 3. The fourth-order valence-corrected chi connectivity index (χ4v) is 5.16. The van der Waals surface area contributed by atoms with Gasteiger partial charge in [-0.25, -0.2) is 4.98 Å². The molecule has 2 atom stereocenters. The van der Waals surface area contributed by atoms with Crippen molar-refractivity contribution in [2.45, 2.75) is 64.1 Å². The molecule has 170 valence electrons. The van der Waals surface area contributed by atoms with Gasteiger partial charge in [-0.05, 0) is 76.3 Å². The van der Waals surface area contributed by atoms with Crippen molar-refractivity contribution in [2.24, 2.45) is 0 Å². The lowest BCUT2D eigenvalue weighted by Gasteiger charge is -2.34. The Bertz CT molecular complexity index is 1330. The number of aliphatic hydroxyl groups is 1. The number of rotatable bonds is 5. The molecule has 4 aromatic rings. The van der Waals surface area contributed by atoms with Gasteiger partial charge in [0.05, 0.1) is 28.5 Å². The molecule has 1 saturated heterocycles. The number of pyridine rings is 1. The first-order chi connectivity index (χ1) is 15.9. The second-order valence-electron chi connectivity index (χ2n) is 9.45. The first-order valence-corrected chi connectivity index (χ1v) is 11.7. The maximum atomic E-state index is 12.5. The van der Waals surface area contributed by atoms with Crippen molar-refractivity contribution >= 4 is 11.0 Å². The van der Waals surface area contributed by atoms with Gasteiger partial charge < -0.3 is 19.4 Å². The summed E-state index contributed by atoms with van der Waals surface area (Å²) in [4.78, 5) is 13.3. The summed E-state index contributed by atoms with van der Waals surface area (Å²) in [6.07, 6.45) is 3.53. The maximum Gasteiger partial charge on any atom is 0.159 e. The standard InChI is InChI=1S/C26H28N4O3/c1-14-6-4-7-21(27-14)26(31,22-8-5-11-32-22)19-12-18(23-15(2)30-33-16(23)3)13-20-24(19)29-25(28-20)17-9-10-17/h4,6-7,12-13,17,22,31H,5,8-11H2,1-3H3,(H,28,29)/t22-,26+/m1/s1. The summed E-state index contributed by atoms with van der Waals surface area (Å²) in [5, 5.41) is 16.7. The lowest BCUT2D eigenvalue weighted by atomic mass is 9.81. The van der Waals surface area contributed by atoms with Crippen LogP contribution in [0.4, 0.5) is 0 Å². The molecule has 33 heavy (non-hydrogen) atoms. The van der Waals surface area contributed by atoms with Crippen LogP contribution in [0.15, 0.2) is 34.9 Å². The average molecular weight is 445 g/mol. The summed E-state index contributed by atoms with van der Waals surface area (Å²) in [6.45, 7) is 6.41. The Morgan fingerprint density at radius 3 is 2.61 bits per heavy atom. The Kier molecular flexibility index (Phi) is 4.67. The molecule has 1 aliphatic heterocycles. The molecule has 0 amide bonds. The van der Waals surface area contributed by atoms with Gasteiger partial charge in [-0.15, -0.1) is 0 Å². The Labute approximate surface area is 192 Å². The van der Waals surface area contributed by atoms with Gasteiger partial charge in [-0.1, -0.05) is 11.2 Å². The molecule has 2 N–H and O–H groups in total. The fourth-order valence-electron chi connectivity index (χ4n) is 5.16. The average Bonchev–Trinajstić information content (AvgIpc) is 3.18. The zero-order chi connectivity index (χ0) is 22.7. The fraction of sp³-hybridized carbons (Fsp3) is 0.423. The quantitative estimate of drug-likeness (QED) is 0.458. The van der Waals surface area contributed by atoms with Gasteiger partial charge in [0.15, 0.2) is 5.60 Å². The summed E-state index contributed by atoms with van der Waals surface area (Å²) in [5.74, 6) is 2.18. The molecular formula is C26H28N4O3. The Hall–Kier alpha value is -3.03. The number of nitrogens with one attached hydrogen (secondary N) is 1. The molecule has 1 saturated carbocycles. The van der Waals surface area contributed by atoms with Gasteiger partial charge in [-0.2, -0.15) is 0 Å². The molecule has 4 heterocycles. The van der Waals surface area contributed by atoms with Crippen molar-refractivity contribution in [1.29, 1.82) is 0 Å². The van der Waals surface area contributed by atoms with Crippen LogP contribution in [0.1, 0.15) is 65.8 Å². The Morgan fingerprint density at radius 1 is 1.09 bits per heavy atom. The molecule has 0 radical (unpaired) electrons. The SMILES string of the molecule is Cc1cccc([C@@](O)(c2cc(-c3c(C)noc3C)cc3[nH]c(C4CC4)nc23)[C@H]2CCCO2)n1. The normalized spacial score (nSPS) is 20.4. The lowest BCUT2D eigenvalue weighted by molar-refractivity contribution is -0.0637. The largest absolute Gasteiger partial charge is 0.376 e. The summed E-state index contributed by atoms with van der Waals surface area (Å²) in [6, 6.07) is 9.88. The van der Waals surface area contributed by atoms with E-state index in [1.165, 1.54) is 0 Å². The minimum absolute atomic E-state index is 0.406. The highest BCUT2D eigenvalue weighted by molar-refractivity contribution is 5.87. The Morgan fingerprint density at radius 2 is 1.94 bits per heavy atom. The van der Waals surface area contributed by atoms with E-state index in [2.05, 4.69) is 16.2 Å². The van der Waals surface area contributed by atoms with E-state index < -0.39 is 11.7 Å². The number of hydrogen-bond donors (Lipinski definition) is 2. The molecule has 0 spiro atoms. The van der Waals surface area contributed by atoms with Crippen LogP contribution in [0, 0.1) is 20.8 Å². The molecule has 1 aliphatic carbocycles. The number of H-pyrrole nitrogens is 1. The third kappa shape index (κ3) is 3.30. The number of imidazole rings is 1. The number of ether oxygens (including phenoxy) is 1. The molecule has 7 heteroatoms. The molecule has 7 nitrogen and oxygen atoms in total. The summed E-state index contributed by atoms with van der Waals surface area (Å²) >= 11 is 0. The molecule has 2 fully saturated rings. The van der Waals surface area contributed by atoms with Gasteiger partial charge >= 0.3 is 0 Å². The number of aromatic nitrogens is 4. The predicted molar refractivity (Wildman–Crippen MR) is 124 cm³/mol. The highest BCUT2D eigenvalue weighted by Crippen LogP contribution is 2.45. The van der Waals surface area contributed by atoms with E-state index in [1.54, 1.807) is 0 Å². The van der Waals surface area contributed by atoms with Gasteiger partial charge in [0.2, 0.25) is 0 Å². The van der Waals surface area contributed by atoms with E-state index in [1.807, 2.05) is 45.0 Å². The first-order valence-electron chi connectivity index (χ1n) is 11.7. The van der Waals surface area contributed by atoms with Crippen LogP contribution in [-0.4, -0.2) is 37.9 Å². The van der Waals surface area contributed by atoms with Crippen LogP contribution < -0.4 is 0 Å². The van der Waals surface area contributed by atoms with Crippen molar-refractivity contribution in [1.82, 2.24) is 20.1 Å². The van der Waals surface area contributed by atoms with E-state index in [-0.39, 0.29) is 0 Å². The van der Waals surface area contributed by atoms with Gasteiger partial charge in [-0.3, -0.25) is 4.98 Å². The van der Waals surface area contributed by atoms with Crippen molar-refractivity contribution in [2.75, 3.05) is 6.61 Å². The van der Waals surface area contributed by atoms with Gasteiger partial charge in [0.25, 0.3) is 0 Å². The van der Waals surface area contributed by atoms with Crippen molar-refractivity contribution < 1.29 is 14.4 Å². The maximum absolute atomic E-state index is 12.5. The monoisotopic (exact) mass is 444 g/mol. The summed E-state index contributed by atoms with van der Waals surface area (Å²) < 4.78 is 11.6. The third-order valence-electron chi connectivity index (χ3n) is 6.98. The molecule has 1 aromatic carbocycles. The van der Waals surface area contributed by atoms with Crippen LogP contribution in [-0.2, 0) is 10.3 Å². The molecule has 2 aliphatic rings. The molecule has 6 rings (SSSR count). The highest BCUT2D eigenvalue weighted by atomic mass is 16.5. The molecular weight excluding hydrogens is 416 g/mol. The van der Waals surface area contributed by atoms with Crippen LogP contribution in [0.2, 0.25) is 0 Å². The molecule has 0 bridgehead atoms. The minimum Gasteiger partial charge on any atom is -0.376 e. The van der Waals surface area contributed by atoms with E-state index in [0.717, 1.165) is 70.8 Å². The molecule has 3 aromatic heterocycles. The Balaban J connectivity index is 1.66. The van der Waals surface area contributed by atoms with Crippen molar-refractivity contribution in [3.63, 3.8) is 0 Å². The minimum atomic E-state index is -1.44. The lowest BCUT2D eigenvalue weighted by Crippen LogP contribution is -2.41. The van der Waals surface area contributed by atoms with Gasteiger partial charge in [0, 0.05) is 29.3 Å². The van der Waals surface area contributed by atoms with Crippen LogP contribution in [0.3, 0.4) is 0 Å². The smallest absolute Gasteiger partial charge is 0.159 e. The van der Waals surface area contributed by atoms with E-state index in [9.17, 15) is 5.11 Å². The number of hydrogen-bond acceptors (Lipinski definition) is 6. The summed E-state index contributed by atoms with van der Waals surface area (Å²) in [7, 11) is 0. The van der Waals surface area contributed by atoms with Crippen LogP contribution in [0.5, 0.6) is 0 Å². The summed E-state index contributed by atoms with van der Waals surface area (Å²) in [5.41, 5.74) is 5.06. The number of aromatic amines is 1. The predicted octanol–water partition coefficient (Wildman–Crippen LogP) is 4.83. The van der Waals surface area contributed by atoms with Crippen molar-refractivity contribution in [3.05, 3.63) is 64.6 Å². The first kappa shape index (κ1) is 20.6. The second kappa shape index (κ2) is 7.50. The van der Waals surface area contributed by atoms with Crippen LogP contribution in [0.25, 0.3) is 22.2 Å². The number of nitrogens with zero attached hydrogens (tertiary/aromatic N) is 3. The zero-order valence-electron chi connectivity index (χ0n) is 19.2. The zero-order valence-corrected chi connectivity index (χ0v) is 19.2. The second-order valence-corrected chi connectivity index (χ2v) is 9.45. The van der Waals surface area contributed by atoms with E-state index in [0.29, 0.717) is 23.8 Å². The third-order valence-corrected chi connectivity index (χ3v) is 6.98. The van der Waals surface area contributed by atoms with E-state index >= 15 is 0 Å². The van der Waals surface area contributed by atoms with Crippen molar-refractivity contribution in [3.8, 4) is 11.1 Å². The van der Waals surface area contributed by atoms with Crippen LogP contribution >= 0.6 is 0 Å². The van der Waals surface area contributed by atoms with E-state index in [4.69, 9.17) is 19.2 Å². The number of fused-ring (bicyclic) bond motifs is 1. The van der Waals surface area contributed by atoms with Gasteiger partial charge in [0.1, 0.15) is 11.6 Å². The molecule has 0 unspecified atom stereocenters. The highest BCUT2D eigenvalue weighted by Gasteiger charge is 2.46.